The van der Waals surface area contributed by atoms with E-state index in [0.29, 0.717) is 42.0 Å². The average molecular weight is 388 g/mol. The van der Waals surface area contributed by atoms with E-state index in [4.69, 9.17) is 16.3 Å². The van der Waals surface area contributed by atoms with Crippen LogP contribution in [0.25, 0.3) is 10.9 Å². The van der Waals surface area contributed by atoms with Crippen molar-refractivity contribution in [3.8, 4) is 0 Å². The number of hydrogen-bond donors (Lipinski definition) is 1. The van der Waals surface area contributed by atoms with Crippen LogP contribution in [0.3, 0.4) is 0 Å². The van der Waals surface area contributed by atoms with Crippen molar-refractivity contribution < 1.29 is 14.3 Å². The van der Waals surface area contributed by atoms with Crippen LogP contribution in [0.5, 0.6) is 0 Å². The predicted molar refractivity (Wildman–Crippen MR) is 98.7 cm³/mol. The second-order valence-corrected chi connectivity index (χ2v) is 7.72. The normalized spacial score (nSPS) is 27.1. The Bertz CT molecular complexity index is 1040. The SMILES string of the molecule is O=C(c1c[nH]c2cc(Cl)ccc2c1=O)N1CC[C@@]23OCCCN2C(=O)C[C@@H]13. The zero-order valence-electron chi connectivity index (χ0n) is 14.5. The van der Waals surface area contributed by atoms with E-state index in [2.05, 4.69) is 4.98 Å². The molecule has 0 bridgehead atoms. The maximum atomic E-state index is 13.2. The number of pyridine rings is 1. The molecule has 0 radical (unpaired) electrons. The Kier molecular flexibility index (Phi) is 3.61. The molecule has 2 aromatic rings. The maximum Gasteiger partial charge on any atom is 0.259 e. The molecule has 8 heteroatoms. The fourth-order valence-electron chi connectivity index (χ4n) is 4.70. The zero-order chi connectivity index (χ0) is 18.8. The largest absolute Gasteiger partial charge is 0.360 e. The molecule has 3 aliphatic heterocycles. The third-order valence-corrected chi connectivity index (χ3v) is 6.18. The van der Waals surface area contributed by atoms with E-state index in [9.17, 15) is 14.4 Å². The number of likely N-dealkylation sites (tertiary alicyclic amines) is 1. The molecular weight excluding hydrogens is 370 g/mol. The van der Waals surface area contributed by atoms with E-state index in [1.165, 1.54) is 6.20 Å². The van der Waals surface area contributed by atoms with Crippen LogP contribution in [0.1, 0.15) is 29.6 Å². The number of aromatic nitrogens is 1. The molecule has 4 heterocycles. The van der Waals surface area contributed by atoms with E-state index in [1.54, 1.807) is 28.0 Å². The van der Waals surface area contributed by atoms with Crippen molar-refractivity contribution in [3.05, 3.63) is 45.2 Å². The average Bonchev–Trinajstić information content (AvgIpc) is 3.13. The summed E-state index contributed by atoms with van der Waals surface area (Å²) in [6, 6.07) is 4.55. The van der Waals surface area contributed by atoms with Crippen molar-refractivity contribution in [1.29, 1.82) is 0 Å². The lowest BCUT2D eigenvalue weighted by molar-refractivity contribution is -0.179. The van der Waals surface area contributed by atoms with E-state index in [1.807, 2.05) is 0 Å². The molecule has 3 aliphatic rings. The molecule has 27 heavy (non-hydrogen) atoms. The van der Waals surface area contributed by atoms with Crippen LogP contribution in [0.15, 0.2) is 29.2 Å². The molecule has 2 amide bonds. The standard InChI is InChI=1S/C19H18ClN3O4/c20-11-2-3-12-14(8-11)21-10-13(17(12)25)18(26)22-6-4-19-15(22)9-16(24)23(19)5-1-7-27-19/h2-3,8,10,15H,1,4-7,9H2,(H,21,25)/t15-,19+/m1/s1. The van der Waals surface area contributed by atoms with E-state index >= 15 is 0 Å². The summed E-state index contributed by atoms with van der Waals surface area (Å²) in [5.41, 5.74) is -0.400. The second-order valence-electron chi connectivity index (χ2n) is 7.28. The molecule has 1 N–H and O–H groups in total. The molecule has 3 saturated heterocycles. The molecule has 1 aromatic heterocycles. The molecule has 0 unspecified atom stereocenters. The summed E-state index contributed by atoms with van der Waals surface area (Å²) in [7, 11) is 0. The van der Waals surface area contributed by atoms with Gasteiger partial charge in [0, 0.05) is 36.1 Å². The van der Waals surface area contributed by atoms with Gasteiger partial charge in [0.15, 0.2) is 5.72 Å². The Morgan fingerprint density at radius 3 is 3.00 bits per heavy atom. The number of H-pyrrole nitrogens is 1. The first-order valence-electron chi connectivity index (χ1n) is 9.08. The number of amides is 2. The van der Waals surface area contributed by atoms with Crippen LogP contribution >= 0.6 is 11.6 Å². The quantitative estimate of drug-likeness (QED) is 0.808. The summed E-state index contributed by atoms with van der Waals surface area (Å²) in [5, 5.41) is 0.926. The Balaban J connectivity index is 1.53. The van der Waals surface area contributed by atoms with E-state index in [0.717, 1.165) is 6.42 Å². The third kappa shape index (κ3) is 2.28. The summed E-state index contributed by atoms with van der Waals surface area (Å²) in [6.45, 7) is 1.71. The second kappa shape index (κ2) is 5.81. The number of carbonyl (C=O) groups excluding carboxylic acids is 2. The highest BCUT2D eigenvalue weighted by atomic mass is 35.5. The number of ether oxygens (including phenoxy) is 1. The van der Waals surface area contributed by atoms with Crippen LogP contribution < -0.4 is 5.43 Å². The summed E-state index contributed by atoms with van der Waals surface area (Å²) in [6.07, 6.45) is 3.06. The van der Waals surface area contributed by atoms with Gasteiger partial charge in [-0.2, -0.15) is 0 Å². The molecule has 3 fully saturated rings. The Labute approximate surface area is 159 Å². The third-order valence-electron chi connectivity index (χ3n) is 5.95. The molecule has 0 saturated carbocycles. The minimum absolute atomic E-state index is 0.0132. The van der Waals surface area contributed by atoms with E-state index < -0.39 is 5.72 Å². The summed E-state index contributed by atoms with van der Waals surface area (Å²) in [4.78, 5) is 44.9. The molecule has 140 valence electrons. The van der Waals surface area contributed by atoms with Gasteiger partial charge in [0.05, 0.1) is 24.6 Å². The van der Waals surface area contributed by atoms with Gasteiger partial charge in [-0.05, 0) is 24.6 Å². The van der Waals surface area contributed by atoms with Gasteiger partial charge in [-0.25, -0.2) is 0 Å². The van der Waals surface area contributed by atoms with Crippen LogP contribution in [-0.4, -0.2) is 58.1 Å². The molecule has 1 spiro atoms. The van der Waals surface area contributed by atoms with Crippen LogP contribution in [0, 0.1) is 0 Å². The van der Waals surface area contributed by atoms with Crippen molar-refractivity contribution in [1.82, 2.24) is 14.8 Å². The van der Waals surface area contributed by atoms with Crippen molar-refractivity contribution in [3.63, 3.8) is 0 Å². The fourth-order valence-corrected chi connectivity index (χ4v) is 4.87. The first kappa shape index (κ1) is 16.8. The van der Waals surface area contributed by atoms with Crippen molar-refractivity contribution in [2.45, 2.75) is 31.0 Å². The highest BCUT2D eigenvalue weighted by Gasteiger charge is 2.61. The van der Waals surface area contributed by atoms with Gasteiger partial charge < -0.3 is 19.5 Å². The lowest BCUT2D eigenvalue weighted by atomic mass is 10.0. The summed E-state index contributed by atoms with van der Waals surface area (Å²) in [5.74, 6) is -0.349. The molecule has 7 nitrogen and oxygen atoms in total. The van der Waals surface area contributed by atoms with Crippen molar-refractivity contribution in [2.75, 3.05) is 19.7 Å². The molecule has 5 rings (SSSR count). The fraction of sp³-hybridized carbons (Fsp3) is 0.421. The Hall–Kier alpha value is -2.38. The number of nitrogens with zero attached hydrogens (tertiary/aromatic N) is 2. The Morgan fingerprint density at radius 2 is 2.15 bits per heavy atom. The molecule has 0 aliphatic carbocycles. The first-order valence-corrected chi connectivity index (χ1v) is 9.45. The van der Waals surface area contributed by atoms with Gasteiger partial charge in [0.2, 0.25) is 11.3 Å². The smallest absolute Gasteiger partial charge is 0.259 e. The first-order chi connectivity index (χ1) is 13.0. The minimum Gasteiger partial charge on any atom is -0.360 e. The minimum atomic E-state index is -0.720. The maximum absolute atomic E-state index is 13.2. The van der Waals surface area contributed by atoms with E-state index in [-0.39, 0.29) is 35.3 Å². The predicted octanol–water partition coefficient (Wildman–Crippen LogP) is 1.74. The van der Waals surface area contributed by atoms with Crippen molar-refractivity contribution >= 4 is 34.3 Å². The summed E-state index contributed by atoms with van der Waals surface area (Å²) < 4.78 is 6.02. The van der Waals surface area contributed by atoms with Crippen LogP contribution in [-0.2, 0) is 9.53 Å². The highest BCUT2D eigenvalue weighted by Crippen LogP contribution is 2.45. The van der Waals surface area contributed by atoms with Gasteiger partial charge in [-0.1, -0.05) is 11.6 Å². The van der Waals surface area contributed by atoms with Crippen LogP contribution in [0.4, 0.5) is 0 Å². The zero-order valence-corrected chi connectivity index (χ0v) is 15.3. The van der Waals surface area contributed by atoms with Gasteiger partial charge >= 0.3 is 0 Å². The lowest BCUT2D eigenvalue weighted by Crippen LogP contribution is -2.56. The number of benzene rings is 1. The number of aromatic amines is 1. The topological polar surface area (TPSA) is 82.7 Å². The molecule has 1 aromatic carbocycles. The number of fused-ring (bicyclic) bond motifs is 1. The van der Waals surface area contributed by atoms with Gasteiger partial charge in [-0.15, -0.1) is 0 Å². The van der Waals surface area contributed by atoms with Crippen LogP contribution in [0.2, 0.25) is 5.02 Å². The van der Waals surface area contributed by atoms with Gasteiger partial charge in [0.1, 0.15) is 5.56 Å². The lowest BCUT2D eigenvalue weighted by Gasteiger charge is -2.42. The number of carbonyl (C=O) groups is 2. The number of nitrogens with one attached hydrogen (secondary N) is 1. The van der Waals surface area contributed by atoms with Gasteiger partial charge in [-0.3, -0.25) is 14.4 Å². The number of hydrogen-bond acceptors (Lipinski definition) is 4. The summed E-state index contributed by atoms with van der Waals surface area (Å²) >= 11 is 5.97. The molecule has 2 atom stereocenters. The number of halogens is 1. The number of rotatable bonds is 1. The van der Waals surface area contributed by atoms with Gasteiger partial charge in [0.25, 0.3) is 5.91 Å². The highest BCUT2D eigenvalue weighted by molar-refractivity contribution is 6.31. The molecular formula is C19H18ClN3O4. The monoisotopic (exact) mass is 387 g/mol. The van der Waals surface area contributed by atoms with Crippen molar-refractivity contribution in [2.24, 2.45) is 0 Å². The Morgan fingerprint density at radius 1 is 1.30 bits per heavy atom.